The molecule has 2 aliphatic carbocycles. The summed E-state index contributed by atoms with van der Waals surface area (Å²) in [5.74, 6) is 0.272. The van der Waals surface area contributed by atoms with Crippen molar-refractivity contribution >= 4 is 28.5 Å². The molecule has 0 atom stereocenters. The number of hydrogen-bond donors (Lipinski definition) is 0. The second-order valence-corrected chi connectivity index (χ2v) is 7.23. The van der Waals surface area contributed by atoms with Gasteiger partial charge in [-0.1, -0.05) is 37.8 Å². The van der Waals surface area contributed by atoms with Gasteiger partial charge in [0.15, 0.2) is 0 Å². The molecule has 0 bridgehead atoms. The fraction of sp³-hybridized carbons (Fsp3) is 0.588. The van der Waals surface area contributed by atoms with E-state index in [1.54, 1.807) is 0 Å². The first kappa shape index (κ1) is 14.4. The lowest BCUT2D eigenvalue weighted by Crippen LogP contribution is -2.45. The van der Waals surface area contributed by atoms with Crippen LogP contribution in [0.4, 0.5) is 0 Å². The van der Waals surface area contributed by atoms with Crippen LogP contribution < -0.4 is 0 Å². The number of carbonyl (C=O) groups excluding carboxylic acids is 1. The van der Waals surface area contributed by atoms with E-state index in [2.05, 4.69) is 27.5 Å². The molecule has 2 aliphatic rings. The van der Waals surface area contributed by atoms with Crippen molar-refractivity contribution < 1.29 is 4.79 Å². The van der Waals surface area contributed by atoms with Crippen molar-refractivity contribution in [3.8, 4) is 0 Å². The average molecular weight is 383 g/mol. The highest BCUT2D eigenvalue weighted by atomic mass is 127. The quantitative estimate of drug-likeness (QED) is 0.698. The molecule has 0 N–H and O–H groups in total. The third kappa shape index (κ3) is 2.87. The Hall–Kier alpha value is -0.580. The monoisotopic (exact) mass is 383 g/mol. The predicted octanol–water partition coefficient (Wildman–Crippen LogP) is 4.62. The van der Waals surface area contributed by atoms with E-state index in [0.29, 0.717) is 12.1 Å². The number of amides is 1. The van der Waals surface area contributed by atoms with Crippen molar-refractivity contribution in [3.05, 3.63) is 33.4 Å². The summed E-state index contributed by atoms with van der Waals surface area (Å²) in [5.41, 5.74) is 0.895. The van der Waals surface area contributed by atoms with E-state index >= 15 is 0 Å². The van der Waals surface area contributed by atoms with Gasteiger partial charge < -0.3 is 4.90 Å². The third-order valence-corrected chi connectivity index (χ3v) is 5.72. The Morgan fingerprint density at radius 3 is 1.95 bits per heavy atom. The summed E-state index contributed by atoms with van der Waals surface area (Å²) < 4.78 is 1.08. The smallest absolute Gasteiger partial charge is 0.255 e. The largest absolute Gasteiger partial charge is 0.333 e. The van der Waals surface area contributed by atoms with E-state index < -0.39 is 0 Å². The first-order valence-corrected chi connectivity index (χ1v) is 8.92. The van der Waals surface area contributed by atoms with Crippen LogP contribution in [0.1, 0.15) is 61.7 Å². The Balaban J connectivity index is 1.88. The van der Waals surface area contributed by atoms with Gasteiger partial charge in [-0.25, -0.2) is 0 Å². The van der Waals surface area contributed by atoms with Crippen LogP contribution in [0.25, 0.3) is 0 Å². The zero-order chi connectivity index (χ0) is 13.9. The number of rotatable bonds is 3. The van der Waals surface area contributed by atoms with E-state index in [4.69, 9.17) is 0 Å². The number of halogens is 1. The van der Waals surface area contributed by atoms with E-state index in [9.17, 15) is 4.79 Å². The molecule has 0 unspecified atom stereocenters. The van der Waals surface area contributed by atoms with Crippen molar-refractivity contribution in [1.82, 2.24) is 4.90 Å². The van der Waals surface area contributed by atoms with Crippen molar-refractivity contribution in [1.29, 1.82) is 0 Å². The molecule has 2 saturated carbocycles. The molecule has 0 aliphatic heterocycles. The summed E-state index contributed by atoms with van der Waals surface area (Å²) in [6, 6.07) is 8.99. The molecule has 20 heavy (non-hydrogen) atoms. The molecule has 2 fully saturated rings. The van der Waals surface area contributed by atoms with Crippen LogP contribution >= 0.6 is 22.6 Å². The molecular weight excluding hydrogens is 361 g/mol. The summed E-state index contributed by atoms with van der Waals surface area (Å²) in [4.78, 5) is 15.3. The van der Waals surface area contributed by atoms with Crippen molar-refractivity contribution in [2.75, 3.05) is 0 Å². The summed E-state index contributed by atoms with van der Waals surface area (Å²) in [7, 11) is 0. The van der Waals surface area contributed by atoms with E-state index in [-0.39, 0.29) is 5.91 Å². The first-order chi connectivity index (χ1) is 9.77. The van der Waals surface area contributed by atoms with Gasteiger partial charge >= 0.3 is 0 Å². The van der Waals surface area contributed by atoms with Crippen molar-refractivity contribution in [3.63, 3.8) is 0 Å². The van der Waals surface area contributed by atoms with Crippen molar-refractivity contribution in [2.24, 2.45) is 0 Å². The number of carbonyl (C=O) groups is 1. The minimum absolute atomic E-state index is 0.272. The van der Waals surface area contributed by atoms with Crippen LogP contribution in [0.5, 0.6) is 0 Å². The minimum atomic E-state index is 0.272. The van der Waals surface area contributed by atoms with Crippen molar-refractivity contribution in [2.45, 2.75) is 63.5 Å². The van der Waals surface area contributed by atoms with Gasteiger partial charge in [0.05, 0.1) is 5.56 Å². The number of nitrogens with zero attached hydrogens (tertiary/aromatic N) is 1. The molecule has 0 radical (unpaired) electrons. The summed E-state index contributed by atoms with van der Waals surface area (Å²) in [6.07, 6.45) is 9.94. The van der Waals surface area contributed by atoms with Gasteiger partial charge in [0.2, 0.25) is 0 Å². The molecule has 0 heterocycles. The molecular formula is C17H22INO. The lowest BCUT2D eigenvalue weighted by atomic mass is 10.1. The second-order valence-electron chi connectivity index (χ2n) is 6.07. The highest BCUT2D eigenvalue weighted by Crippen LogP contribution is 2.33. The van der Waals surface area contributed by atoms with Crippen LogP contribution in [-0.2, 0) is 0 Å². The highest BCUT2D eigenvalue weighted by Gasteiger charge is 2.34. The van der Waals surface area contributed by atoms with Gasteiger partial charge in [0, 0.05) is 15.7 Å². The molecule has 3 rings (SSSR count). The Kier molecular flexibility index (Phi) is 4.64. The third-order valence-electron chi connectivity index (χ3n) is 4.77. The SMILES string of the molecule is O=C(c1ccccc1I)N(C1CCCC1)C1CCCC1. The van der Waals surface area contributed by atoms with Crippen LogP contribution in [0.3, 0.4) is 0 Å². The molecule has 0 saturated heterocycles. The molecule has 108 valence electrons. The Morgan fingerprint density at radius 2 is 1.45 bits per heavy atom. The Bertz CT molecular complexity index is 460. The maximum Gasteiger partial charge on any atom is 0.255 e. The number of benzene rings is 1. The highest BCUT2D eigenvalue weighted by molar-refractivity contribution is 14.1. The fourth-order valence-corrected chi connectivity index (χ4v) is 4.39. The topological polar surface area (TPSA) is 20.3 Å². The molecule has 2 nitrogen and oxygen atoms in total. The van der Waals surface area contributed by atoms with Gasteiger partial charge in [-0.15, -0.1) is 0 Å². The summed E-state index contributed by atoms with van der Waals surface area (Å²) in [6.45, 7) is 0. The van der Waals surface area contributed by atoms with Gasteiger partial charge in [-0.3, -0.25) is 4.79 Å². The maximum absolute atomic E-state index is 13.1. The standard InChI is InChI=1S/C17H22INO/c18-16-12-6-5-11-15(16)17(20)19(13-7-1-2-8-13)14-9-3-4-10-14/h5-6,11-14H,1-4,7-10H2. The first-order valence-electron chi connectivity index (χ1n) is 7.84. The van der Waals surface area contributed by atoms with E-state index in [1.807, 2.05) is 24.3 Å². The van der Waals surface area contributed by atoms with Gasteiger partial charge in [-0.05, 0) is 60.4 Å². The average Bonchev–Trinajstić information content (AvgIpc) is 3.13. The molecule has 1 aromatic rings. The summed E-state index contributed by atoms with van der Waals surface area (Å²) in [5, 5.41) is 0. The molecule has 1 aromatic carbocycles. The number of hydrogen-bond acceptors (Lipinski definition) is 1. The fourth-order valence-electron chi connectivity index (χ4n) is 3.77. The summed E-state index contributed by atoms with van der Waals surface area (Å²) >= 11 is 2.29. The van der Waals surface area contributed by atoms with E-state index in [1.165, 1.54) is 51.4 Å². The molecule has 0 spiro atoms. The van der Waals surface area contributed by atoms with Crippen LogP contribution in [-0.4, -0.2) is 22.9 Å². The van der Waals surface area contributed by atoms with E-state index in [0.717, 1.165) is 9.13 Å². The second kappa shape index (κ2) is 6.46. The zero-order valence-electron chi connectivity index (χ0n) is 11.9. The normalized spacial score (nSPS) is 20.4. The van der Waals surface area contributed by atoms with Gasteiger partial charge in [-0.2, -0.15) is 0 Å². The van der Waals surface area contributed by atoms with Gasteiger partial charge in [0.25, 0.3) is 5.91 Å². The lowest BCUT2D eigenvalue weighted by Gasteiger charge is -2.35. The van der Waals surface area contributed by atoms with Gasteiger partial charge in [0.1, 0.15) is 0 Å². The maximum atomic E-state index is 13.1. The minimum Gasteiger partial charge on any atom is -0.333 e. The Morgan fingerprint density at radius 1 is 0.950 bits per heavy atom. The lowest BCUT2D eigenvalue weighted by molar-refractivity contribution is 0.0579. The molecule has 3 heteroatoms. The van der Waals surface area contributed by atoms with Crippen LogP contribution in [0.15, 0.2) is 24.3 Å². The van der Waals surface area contributed by atoms with Crippen LogP contribution in [0.2, 0.25) is 0 Å². The predicted molar refractivity (Wildman–Crippen MR) is 89.8 cm³/mol. The van der Waals surface area contributed by atoms with Crippen LogP contribution in [0, 0.1) is 3.57 Å². The molecule has 0 aromatic heterocycles. The molecule has 1 amide bonds. The zero-order valence-corrected chi connectivity index (χ0v) is 14.0. The Labute approximate surface area is 135 Å².